The van der Waals surface area contributed by atoms with Crippen molar-refractivity contribution in [2.75, 3.05) is 28.4 Å². The number of ether oxygens (including phenoxy) is 4. The summed E-state index contributed by atoms with van der Waals surface area (Å²) < 4.78 is 18.9. The predicted molar refractivity (Wildman–Crippen MR) is 99.3 cm³/mol. The van der Waals surface area contributed by atoms with Gasteiger partial charge in [-0.1, -0.05) is 23.2 Å². The van der Waals surface area contributed by atoms with Crippen LogP contribution < -0.4 is 0 Å². The summed E-state index contributed by atoms with van der Waals surface area (Å²) in [6.07, 6.45) is 0. The number of esters is 4. The number of hydrogen-bond acceptors (Lipinski definition) is 8. The minimum atomic E-state index is -0.908. The van der Waals surface area contributed by atoms with Gasteiger partial charge in [0.05, 0.1) is 60.7 Å². The Bertz CT molecular complexity index is 932. The Hall–Kier alpha value is -2.84. The number of carbonyl (C=O) groups excluding carboxylic acids is 4. The molecule has 28 heavy (non-hydrogen) atoms. The third-order valence-corrected chi connectivity index (χ3v) is 4.49. The van der Waals surface area contributed by atoms with Crippen molar-refractivity contribution in [1.29, 1.82) is 0 Å². The summed E-state index contributed by atoms with van der Waals surface area (Å²) in [5.41, 5.74) is -0.922. The van der Waals surface area contributed by atoms with Crippen molar-refractivity contribution in [3.8, 4) is 0 Å². The first-order chi connectivity index (χ1) is 13.2. The average Bonchev–Trinajstić information content (AvgIpc) is 2.70. The van der Waals surface area contributed by atoms with Crippen molar-refractivity contribution in [1.82, 2.24) is 0 Å². The highest BCUT2D eigenvalue weighted by Crippen LogP contribution is 2.39. The van der Waals surface area contributed by atoms with Crippen molar-refractivity contribution in [3.05, 3.63) is 44.4 Å². The van der Waals surface area contributed by atoms with Crippen molar-refractivity contribution in [2.24, 2.45) is 0 Å². The molecular formula is C18H14Cl2O8. The fourth-order valence-electron chi connectivity index (χ4n) is 2.71. The summed E-state index contributed by atoms with van der Waals surface area (Å²) in [5.74, 6) is -3.58. The minimum Gasteiger partial charge on any atom is -0.465 e. The number of halogens is 2. The van der Waals surface area contributed by atoms with E-state index >= 15 is 0 Å². The highest BCUT2D eigenvalue weighted by atomic mass is 35.5. The van der Waals surface area contributed by atoms with Gasteiger partial charge in [-0.2, -0.15) is 0 Å². The van der Waals surface area contributed by atoms with Crippen LogP contribution in [-0.2, 0) is 18.9 Å². The molecule has 0 spiro atoms. The highest BCUT2D eigenvalue weighted by Gasteiger charge is 2.31. The summed E-state index contributed by atoms with van der Waals surface area (Å²) in [6.45, 7) is 0. The Morgan fingerprint density at radius 1 is 0.607 bits per heavy atom. The molecule has 0 bridgehead atoms. The molecule has 2 aromatic rings. The first kappa shape index (κ1) is 21.5. The zero-order valence-electron chi connectivity index (χ0n) is 15.2. The van der Waals surface area contributed by atoms with E-state index in [9.17, 15) is 19.2 Å². The topological polar surface area (TPSA) is 105 Å². The van der Waals surface area contributed by atoms with E-state index in [0.29, 0.717) is 0 Å². The van der Waals surface area contributed by atoms with E-state index in [1.54, 1.807) is 0 Å². The van der Waals surface area contributed by atoms with E-state index in [2.05, 4.69) is 0 Å². The molecule has 0 saturated carbocycles. The molecule has 0 aliphatic heterocycles. The maximum atomic E-state index is 12.4. The van der Waals surface area contributed by atoms with Gasteiger partial charge >= 0.3 is 23.9 Å². The highest BCUT2D eigenvalue weighted by molar-refractivity contribution is 6.40. The van der Waals surface area contributed by atoms with Crippen LogP contribution in [0.25, 0.3) is 10.8 Å². The summed E-state index contributed by atoms with van der Waals surface area (Å²) in [7, 11) is 4.43. The van der Waals surface area contributed by atoms with Gasteiger partial charge in [-0.3, -0.25) is 0 Å². The summed E-state index contributed by atoms with van der Waals surface area (Å²) in [5, 5.41) is -0.723. The first-order valence-electron chi connectivity index (χ1n) is 7.55. The van der Waals surface area contributed by atoms with Gasteiger partial charge in [0.2, 0.25) is 0 Å². The van der Waals surface area contributed by atoms with Crippen LogP contribution in [-0.4, -0.2) is 52.3 Å². The quantitative estimate of drug-likeness (QED) is 0.539. The van der Waals surface area contributed by atoms with Gasteiger partial charge < -0.3 is 18.9 Å². The smallest absolute Gasteiger partial charge is 0.340 e. The maximum absolute atomic E-state index is 12.4. The molecule has 0 heterocycles. The van der Waals surface area contributed by atoms with Gasteiger partial charge in [-0.15, -0.1) is 0 Å². The summed E-state index contributed by atoms with van der Waals surface area (Å²) in [6, 6.07) is 2.23. The third-order valence-electron chi connectivity index (χ3n) is 3.90. The Morgan fingerprint density at radius 3 is 1.14 bits per heavy atom. The lowest BCUT2D eigenvalue weighted by molar-refractivity contribution is 0.0580. The minimum absolute atomic E-state index is 0.156. The van der Waals surface area contributed by atoms with Gasteiger partial charge in [0.1, 0.15) is 0 Å². The molecule has 0 aliphatic carbocycles. The van der Waals surface area contributed by atoms with E-state index in [0.717, 1.165) is 40.6 Å². The molecule has 0 atom stereocenters. The van der Waals surface area contributed by atoms with E-state index in [4.69, 9.17) is 42.1 Å². The lowest BCUT2D eigenvalue weighted by atomic mass is 9.91. The van der Waals surface area contributed by atoms with Crippen molar-refractivity contribution in [3.63, 3.8) is 0 Å². The van der Waals surface area contributed by atoms with Crippen LogP contribution in [0.1, 0.15) is 41.4 Å². The van der Waals surface area contributed by atoms with Crippen LogP contribution in [0.15, 0.2) is 12.1 Å². The van der Waals surface area contributed by atoms with Crippen LogP contribution in [0.3, 0.4) is 0 Å². The number of fused-ring (bicyclic) bond motifs is 1. The van der Waals surface area contributed by atoms with Crippen LogP contribution in [0.4, 0.5) is 0 Å². The molecule has 0 radical (unpaired) electrons. The van der Waals surface area contributed by atoms with Gasteiger partial charge in [-0.25, -0.2) is 19.2 Å². The van der Waals surface area contributed by atoms with E-state index in [-0.39, 0.29) is 43.1 Å². The number of hydrogen-bond donors (Lipinski definition) is 0. The first-order valence-corrected chi connectivity index (χ1v) is 8.30. The number of rotatable bonds is 4. The van der Waals surface area contributed by atoms with E-state index in [1.807, 2.05) is 0 Å². The second kappa shape index (κ2) is 8.45. The molecule has 0 aromatic heterocycles. The number of carbonyl (C=O) groups is 4. The second-order valence-corrected chi connectivity index (χ2v) is 6.09. The monoisotopic (exact) mass is 428 g/mol. The summed E-state index contributed by atoms with van der Waals surface area (Å²) >= 11 is 12.4. The molecule has 148 valence electrons. The predicted octanol–water partition coefficient (Wildman–Crippen LogP) is 3.29. The van der Waals surface area contributed by atoms with Gasteiger partial charge in [-0.05, 0) is 12.1 Å². The number of benzene rings is 2. The van der Waals surface area contributed by atoms with Crippen LogP contribution >= 0.6 is 23.2 Å². The van der Waals surface area contributed by atoms with Crippen LogP contribution in [0, 0.1) is 0 Å². The van der Waals surface area contributed by atoms with Crippen molar-refractivity contribution < 1.29 is 38.1 Å². The molecule has 2 rings (SSSR count). The molecule has 0 saturated heterocycles. The zero-order chi connectivity index (χ0) is 21.2. The van der Waals surface area contributed by atoms with Crippen molar-refractivity contribution >= 4 is 57.9 Å². The molecule has 0 aliphatic rings. The van der Waals surface area contributed by atoms with Gasteiger partial charge in [0, 0.05) is 10.8 Å². The molecular weight excluding hydrogens is 415 g/mol. The fourth-order valence-corrected chi connectivity index (χ4v) is 3.28. The SMILES string of the molecule is COC(=O)c1cc(Cl)c(C(=O)OC)c2c(C(=O)OC)cc(Cl)c(C(=O)OC)c12. The lowest BCUT2D eigenvalue weighted by Gasteiger charge is -2.17. The molecule has 0 unspecified atom stereocenters. The standard InChI is InChI=1S/C18H14Cl2O8/c1-25-15(21)7-5-9(19)14(18(24)28-4)12-8(16(22)26-2)6-10(20)13(11(7)12)17(23)27-3/h5-6H,1-4H3. The zero-order valence-corrected chi connectivity index (χ0v) is 16.7. The van der Waals surface area contributed by atoms with E-state index < -0.39 is 23.9 Å². The Kier molecular flexibility index (Phi) is 6.48. The van der Waals surface area contributed by atoms with Gasteiger partial charge in [0.15, 0.2) is 0 Å². The lowest BCUT2D eigenvalue weighted by Crippen LogP contribution is -2.15. The molecule has 2 aromatic carbocycles. The second-order valence-electron chi connectivity index (χ2n) is 5.28. The molecule has 0 amide bonds. The molecule has 10 heteroatoms. The molecule has 8 nitrogen and oxygen atoms in total. The maximum Gasteiger partial charge on any atom is 0.340 e. The van der Waals surface area contributed by atoms with Crippen LogP contribution in [0.5, 0.6) is 0 Å². The van der Waals surface area contributed by atoms with E-state index in [1.165, 1.54) is 0 Å². The fraction of sp³-hybridized carbons (Fsp3) is 0.222. The third kappa shape index (κ3) is 3.48. The normalized spacial score (nSPS) is 10.4. The van der Waals surface area contributed by atoms with Crippen LogP contribution in [0.2, 0.25) is 10.0 Å². The molecule has 0 fully saturated rings. The Balaban J connectivity index is 3.28. The van der Waals surface area contributed by atoms with Crippen molar-refractivity contribution in [2.45, 2.75) is 0 Å². The Labute approximate surface area is 169 Å². The van der Waals surface area contributed by atoms with Gasteiger partial charge in [0.25, 0.3) is 0 Å². The average molecular weight is 429 g/mol. The largest absolute Gasteiger partial charge is 0.465 e. The number of methoxy groups -OCH3 is 4. The Morgan fingerprint density at radius 2 is 0.893 bits per heavy atom. The summed E-state index contributed by atoms with van der Waals surface area (Å²) in [4.78, 5) is 49.4. The molecule has 0 N–H and O–H groups in total.